The van der Waals surface area contributed by atoms with Crippen LogP contribution in [-0.2, 0) is 18.4 Å². The lowest BCUT2D eigenvalue weighted by Gasteiger charge is -2.25. The molecule has 0 spiro atoms. The molecule has 0 fully saturated rings. The lowest BCUT2D eigenvalue weighted by Crippen LogP contribution is -2.45. The Balaban J connectivity index is 4.22. The van der Waals surface area contributed by atoms with E-state index in [0.29, 0.717) is 23.9 Å². The zero-order chi connectivity index (χ0) is 45.0. The lowest BCUT2D eigenvalue weighted by molar-refractivity contribution is -0.870. The van der Waals surface area contributed by atoms with Crippen molar-refractivity contribution in [1.29, 1.82) is 0 Å². The third-order valence-corrected chi connectivity index (χ3v) is 10.1. The van der Waals surface area contributed by atoms with Gasteiger partial charge in [-0.3, -0.25) is 13.8 Å². The van der Waals surface area contributed by atoms with E-state index in [0.717, 1.165) is 103 Å². The highest BCUT2D eigenvalue weighted by Gasteiger charge is 2.27. The quantitative estimate of drug-likeness (QED) is 0.0246. The maximum atomic E-state index is 12.8. The number of unbranched alkanes of at least 4 members (excludes halogenated alkanes) is 6. The lowest BCUT2D eigenvalue weighted by atomic mass is 10.1. The summed E-state index contributed by atoms with van der Waals surface area (Å²) in [5.41, 5.74) is 0. The predicted molar refractivity (Wildman–Crippen MR) is 262 cm³/mol. The second kappa shape index (κ2) is 42.0. The molecule has 0 aliphatic heterocycles. The first-order valence-electron chi connectivity index (χ1n) is 23.1. The molecule has 0 saturated heterocycles. The molecular formula is C52H86N2O6P+. The zero-order valence-corrected chi connectivity index (χ0v) is 39.7. The largest absolute Gasteiger partial charge is 0.472 e. The Hall–Kier alpha value is -3.36. The summed E-state index contributed by atoms with van der Waals surface area (Å²) >= 11 is 0. The number of quaternary nitrogens is 1. The van der Waals surface area contributed by atoms with Crippen molar-refractivity contribution < 1.29 is 32.9 Å². The van der Waals surface area contributed by atoms with Gasteiger partial charge in [-0.25, -0.2) is 4.57 Å². The SMILES string of the molecule is CC/C=C\C/C=C\C/C=C\C/C=C\C/C=C\C/C=C\C/C=C\C/C=C\C/C=C\C/C=C\CCCCC(=O)NC(COP(=O)(O)OCC[N+](C)(C)C)C(O)/C=C/CCCCCC. The second-order valence-electron chi connectivity index (χ2n) is 16.0. The molecule has 61 heavy (non-hydrogen) atoms. The maximum absolute atomic E-state index is 12.8. The Morgan fingerprint density at radius 3 is 1.41 bits per heavy atom. The van der Waals surface area contributed by atoms with Crippen LogP contribution in [0.5, 0.6) is 0 Å². The first-order valence-corrected chi connectivity index (χ1v) is 24.6. The van der Waals surface area contributed by atoms with Crippen molar-refractivity contribution in [2.45, 2.75) is 148 Å². The van der Waals surface area contributed by atoms with Crippen molar-refractivity contribution in [3.05, 3.63) is 134 Å². The van der Waals surface area contributed by atoms with Gasteiger partial charge in [0.25, 0.3) is 0 Å². The fourth-order valence-corrected chi connectivity index (χ4v) is 6.21. The minimum atomic E-state index is -4.35. The van der Waals surface area contributed by atoms with E-state index in [2.05, 4.69) is 141 Å². The number of hydrogen-bond donors (Lipinski definition) is 3. The maximum Gasteiger partial charge on any atom is 0.472 e. The van der Waals surface area contributed by atoms with Gasteiger partial charge in [-0.05, 0) is 96.3 Å². The van der Waals surface area contributed by atoms with Gasteiger partial charge in [-0.1, -0.05) is 167 Å². The van der Waals surface area contributed by atoms with Gasteiger partial charge in [-0.2, -0.15) is 0 Å². The first-order chi connectivity index (χ1) is 29.5. The van der Waals surface area contributed by atoms with Crippen molar-refractivity contribution in [2.75, 3.05) is 40.9 Å². The number of aliphatic hydroxyl groups is 1. The molecule has 0 radical (unpaired) electrons. The topological polar surface area (TPSA) is 105 Å². The third-order valence-electron chi connectivity index (χ3n) is 9.13. The summed E-state index contributed by atoms with van der Waals surface area (Å²) < 4.78 is 23.4. The number of hydrogen-bond acceptors (Lipinski definition) is 5. The number of nitrogens with one attached hydrogen (secondary N) is 1. The van der Waals surface area contributed by atoms with E-state index in [1.54, 1.807) is 6.08 Å². The Morgan fingerprint density at radius 1 is 0.574 bits per heavy atom. The van der Waals surface area contributed by atoms with Crippen LogP contribution in [0.2, 0.25) is 0 Å². The molecule has 3 atom stereocenters. The van der Waals surface area contributed by atoms with E-state index >= 15 is 0 Å². The van der Waals surface area contributed by atoms with E-state index in [1.807, 2.05) is 27.2 Å². The fraction of sp³-hybridized carbons (Fsp3) is 0.558. The molecule has 0 rings (SSSR count). The highest BCUT2D eigenvalue weighted by molar-refractivity contribution is 7.47. The van der Waals surface area contributed by atoms with E-state index in [1.165, 1.54) is 6.42 Å². The number of aliphatic hydroxyl groups excluding tert-OH is 1. The standard InChI is InChI=1S/C52H85N2O6P/c1-6-8-10-12-14-15-16-17-18-19-20-21-22-23-24-25-26-27-28-29-30-31-32-33-34-35-36-37-38-39-40-42-44-46-52(56)53-50(51(55)45-43-41-13-11-9-7-2)49-60-61(57,58)59-48-47-54(3,4)5/h8,10,14-15,17-18,20-21,23-24,26-27,29-30,32-33,35-36,38-39,43,45,50-51,55H,6-7,9,11-13,16,19,22,25,28,31,34,37,40-42,44,46-49H2,1-5H3,(H-,53,56,57,58)/p+1/b10-8-,15-14-,18-17-,21-20-,24-23-,27-26-,30-29-,33-32-,36-35-,39-38-,45-43+. The van der Waals surface area contributed by atoms with Crippen LogP contribution in [0.15, 0.2) is 134 Å². The molecule has 0 aromatic carbocycles. The normalized spacial score (nSPS) is 15.5. The average Bonchev–Trinajstić information content (AvgIpc) is 3.21. The number of nitrogens with zero attached hydrogens (tertiary/aromatic N) is 1. The molecule has 0 saturated carbocycles. The van der Waals surface area contributed by atoms with E-state index in [-0.39, 0.29) is 19.1 Å². The Morgan fingerprint density at radius 2 is 0.984 bits per heavy atom. The second-order valence-corrected chi connectivity index (χ2v) is 17.5. The van der Waals surface area contributed by atoms with Gasteiger partial charge in [0.1, 0.15) is 13.2 Å². The van der Waals surface area contributed by atoms with Crippen LogP contribution in [0.25, 0.3) is 0 Å². The average molecular weight is 866 g/mol. The smallest absolute Gasteiger partial charge is 0.387 e. The molecule has 3 N–H and O–H groups in total. The Labute approximate surface area is 373 Å². The molecule has 0 bridgehead atoms. The van der Waals surface area contributed by atoms with Gasteiger partial charge in [0, 0.05) is 6.42 Å². The summed E-state index contributed by atoms with van der Waals surface area (Å²) in [5, 5.41) is 13.6. The van der Waals surface area contributed by atoms with Crippen LogP contribution in [0.3, 0.4) is 0 Å². The molecule has 0 aliphatic carbocycles. The van der Waals surface area contributed by atoms with Gasteiger partial charge in [-0.15, -0.1) is 0 Å². The molecular weight excluding hydrogens is 780 g/mol. The van der Waals surface area contributed by atoms with Gasteiger partial charge >= 0.3 is 7.82 Å². The molecule has 0 heterocycles. The predicted octanol–water partition coefficient (Wildman–Crippen LogP) is 13.2. The van der Waals surface area contributed by atoms with Crippen molar-refractivity contribution in [3.8, 4) is 0 Å². The summed E-state index contributed by atoms with van der Waals surface area (Å²) in [6.45, 7) is 4.53. The monoisotopic (exact) mass is 866 g/mol. The number of phosphoric acid groups is 1. The first kappa shape index (κ1) is 57.6. The van der Waals surface area contributed by atoms with Gasteiger partial charge in [0.05, 0.1) is 39.9 Å². The number of carbonyl (C=O) groups is 1. The van der Waals surface area contributed by atoms with Crippen molar-refractivity contribution in [1.82, 2.24) is 5.32 Å². The van der Waals surface area contributed by atoms with E-state index in [4.69, 9.17) is 9.05 Å². The molecule has 9 heteroatoms. The molecule has 0 aliphatic rings. The van der Waals surface area contributed by atoms with E-state index in [9.17, 15) is 19.4 Å². The molecule has 344 valence electrons. The highest BCUT2D eigenvalue weighted by atomic mass is 31.2. The molecule has 1 amide bonds. The van der Waals surface area contributed by atoms with E-state index < -0.39 is 20.0 Å². The van der Waals surface area contributed by atoms with Crippen LogP contribution in [-0.4, -0.2) is 73.4 Å². The highest BCUT2D eigenvalue weighted by Crippen LogP contribution is 2.43. The van der Waals surface area contributed by atoms with Crippen molar-refractivity contribution in [2.24, 2.45) is 0 Å². The van der Waals surface area contributed by atoms with Gasteiger partial charge in [0.2, 0.25) is 5.91 Å². The summed E-state index contributed by atoms with van der Waals surface area (Å²) in [7, 11) is 1.51. The van der Waals surface area contributed by atoms with Crippen molar-refractivity contribution >= 4 is 13.7 Å². The third kappa shape index (κ3) is 44.5. The number of allylic oxidation sites excluding steroid dienone is 21. The van der Waals surface area contributed by atoms with Gasteiger partial charge in [0.15, 0.2) is 0 Å². The van der Waals surface area contributed by atoms with Crippen LogP contribution in [0, 0.1) is 0 Å². The summed E-state index contributed by atoms with van der Waals surface area (Å²) in [6.07, 6.45) is 64.3. The van der Waals surface area contributed by atoms with Crippen LogP contribution in [0.4, 0.5) is 0 Å². The Bertz CT molecular complexity index is 1440. The number of likely N-dealkylation sites (N-methyl/N-ethyl adjacent to an activating group) is 1. The van der Waals surface area contributed by atoms with Crippen LogP contribution < -0.4 is 5.32 Å². The number of amides is 1. The number of phosphoric ester groups is 1. The molecule has 3 unspecified atom stereocenters. The summed E-state index contributed by atoms with van der Waals surface area (Å²) in [4.78, 5) is 22.9. The number of rotatable bonds is 39. The molecule has 8 nitrogen and oxygen atoms in total. The number of carbonyl (C=O) groups excluding carboxylic acids is 1. The van der Waals surface area contributed by atoms with Crippen LogP contribution in [0.1, 0.15) is 136 Å². The van der Waals surface area contributed by atoms with Crippen LogP contribution >= 0.6 is 7.82 Å². The molecule has 0 aromatic rings. The van der Waals surface area contributed by atoms with Crippen molar-refractivity contribution in [3.63, 3.8) is 0 Å². The molecule has 0 aromatic heterocycles. The summed E-state index contributed by atoms with van der Waals surface area (Å²) in [6, 6.07) is -0.876. The fourth-order valence-electron chi connectivity index (χ4n) is 5.48. The van der Waals surface area contributed by atoms with Gasteiger partial charge < -0.3 is 19.8 Å². The minimum absolute atomic E-state index is 0.0440. The zero-order valence-electron chi connectivity index (χ0n) is 38.8. The Kier molecular flexibility index (Phi) is 39.7. The minimum Gasteiger partial charge on any atom is -0.387 e. The summed E-state index contributed by atoms with van der Waals surface area (Å²) in [5.74, 6) is -0.233.